The minimum absolute atomic E-state index is 0.0656. The summed E-state index contributed by atoms with van der Waals surface area (Å²) in [4.78, 5) is 12.3. The van der Waals surface area contributed by atoms with Crippen LogP contribution in [-0.4, -0.2) is 25.5 Å². The summed E-state index contributed by atoms with van der Waals surface area (Å²) in [6.45, 7) is 12.2. The molecule has 1 aliphatic heterocycles. The normalized spacial score (nSPS) is 23.5. The molecule has 2 aliphatic rings. The Morgan fingerprint density at radius 3 is 2.11 bits per heavy atom. The number of rotatable bonds is 11. The first kappa shape index (κ1) is 28.6. The molecule has 0 radical (unpaired) electrons. The van der Waals surface area contributed by atoms with Gasteiger partial charge in [0, 0.05) is 26.1 Å². The van der Waals surface area contributed by atoms with Crippen molar-refractivity contribution in [2.75, 3.05) is 13.2 Å². The van der Waals surface area contributed by atoms with E-state index in [1.807, 2.05) is 12.1 Å². The van der Waals surface area contributed by atoms with Crippen molar-refractivity contribution in [3.8, 4) is 0 Å². The lowest BCUT2D eigenvalue weighted by Gasteiger charge is -2.43. The molecule has 0 amide bonds. The van der Waals surface area contributed by atoms with Gasteiger partial charge >= 0.3 is 5.97 Å². The van der Waals surface area contributed by atoms with Gasteiger partial charge in [0.05, 0.1) is 0 Å². The van der Waals surface area contributed by atoms with E-state index >= 15 is 0 Å². The maximum Gasteiger partial charge on any atom is 0.304 e. The minimum atomic E-state index is -0.929. The van der Waals surface area contributed by atoms with Crippen LogP contribution in [0.3, 0.4) is 0 Å². The lowest BCUT2D eigenvalue weighted by Crippen LogP contribution is -2.43. The van der Waals surface area contributed by atoms with Gasteiger partial charge in [0.15, 0.2) is 0 Å². The summed E-state index contributed by atoms with van der Waals surface area (Å²) in [5, 5.41) is 0. The number of hydrogen-bond acceptors (Lipinski definition) is 4. The first-order valence-corrected chi connectivity index (χ1v) is 14.6. The molecule has 1 heterocycles. The van der Waals surface area contributed by atoms with Crippen LogP contribution in [0.1, 0.15) is 83.3 Å². The van der Waals surface area contributed by atoms with Crippen molar-refractivity contribution in [1.82, 2.24) is 0 Å². The molecule has 2 aromatic carbocycles. The standard InChI is InChI=1S/C34H46O4/c1-5-12-28-21-25(2)22-29(24-28)23-26(3)34(31-13-8-6-9-14-31,32-15-10-7-11-16-32)38-33(37-27(4)35)30-17-19-36-20-18-30/h6-11,13-16,25,28-30,33H,3,5,12,17-24H2,1-2,4H3. The maximum absolute atomic E-state index is 12.3. The second-order valence-electron chi connectivity index (χ2n) is 11.6. The monoisotopic (exact) mass is 518 g/mol. The number of carbonyl (C=O) groups is 1. The zero-order valence-corrected chi connectivity index (χ0v) is 23.6. The fraction of sp³-hybridized carbons (Fsp3) is 0.559. The highest BCUT2D eigenvalue weighted by Gasteiger charge is 2.44. The molecule has 1 aliphatic carbocycles. The van der Waals surface area contributed by atoms with Crippen molar-refractivity contribution in [2.24, 2.45) is 23.7 Å². The van der Waals surface area contributed by atoms with Gasteiger partial charge in [0.2, 0.25) is 6.29 Å². The number of esters is 1. The van der Waals surface area contributed by atoms with E-state index in [9.17, 15) is 4.79 Å². The predicted octanol–water partition coefficient (Wildman–Crippen LogP) is 8.06. The van der Waals surface area contributed by atoms with Crippen molar-refractivity contribution in [1.29, 1.82) is 0 Å². The van der Waals surface area contributed by atoms with Gasteiger partial charge in [-0.3, -0.25) is 4.79 Å². The van der Waals surface area contributed by atoms with Crippen molar-refractivity contribution < 1.29 is 19.0 Å². The van der Waals surface area contributed by atoms with Crippen LogP contribution in [0.2, 0.25) is 0 Å². The third-order valence-corrected chi connectivity index (χ3v) is 8.45. The highest BCUT2D eigenvalue weighted by atomic mass is 16.7. The SMILES string of the molecule is C=C(CC1CC(C)CC(CCC)C1)C(OC(OC(C)=O)C1CCOCC1)(c1ccccc1)c1ccccc1. The molecule has 1 saturated heterocycles. The summed E-state index contributed by atoms with van der Waals surface area (Å²) in [5.74, 6) is 1.80. The van der Waals surface area contributed by atoms with Crippen LogP contribution in [0.25, 0.3) is 0 Å². The van der Waals surface area contributed by atoms with E-state index in [4.69, 9.17) is 20.8 Å². The first-order chi connectivity index (χ1) is 18.4. The van der Waals surface area contributed by atoms with E-state index in [1.165, 1.54) is 39.0 Å². The topological polar surface area (TPSA) is 44.8 Å². The molecular weight excluding hydrogens is 472 g/mol. The van der Waals surface area contributed by atoms with E-state index in [0.29, 0.717) is 19.1 Å². The fourth-order valence-electron chi connectivity index (χ4n) is 6.88. The Balaban J connectivity index is 1.76. The summed E-state index contributed by atoms with van der Waals surface area (Å²) in [6.07, 6.45) is 8.10. The van der Waals surface area contributed by atoms with Gasteiger partial charge in [0.1, 0.15) is 5.60 Å². The second-order valence-corrected chi connectivity index (χ2v) is 11.6. The average molecular weight is 519 g/mol. The Labute approximate surface area is 229 Å². The number of carbonyl (C=O) groups excluding carboxylic acids is 1. The molecule has 2 aromatic rings. The molecule has 2 fully saturated rings. The van der Waals surface area contributed by atoms with Crippen LogP contribution in [0.4, 0.5) is 0 Å². The highest BCUT2D eigenvalue weighted by Crippen LogP contribution is 2.47. The molecule has 1 saturated carbocycles. The van der Waals surface area contributed by atoms with Crippen molar-refractivity contribution in [2.45, 2.75) is 84.0 Å². The summed E-state index contributed by atoms with van der Waals surface area (Å²) in [6, 6.07) is 20.8. The second kappa shape index (κ2) is 13.6. The molecule has 4 atom stereocenters. The van der Waals surface area contributed by atoms with Gasteiger partial charge in [-0.05, 0) is 73.0 Å². The van der Waals surface area contributed by atoms with E-state index in [-0.39, 0.29) is 11.9 Å². The van der Waals surface area contributed by atoms with Crippen LogP contribution in [-0.2, 0) is 24.6 Å². The molecule has 0 aromatic heterocycles. The van der Waals surface area contributed by atoms with Gasteiger partial charge < -0.3 is 14.2 Å². The lowest BCUT2D eigenvalue weighted by atomic mass is 9.69. The zero-order chi connectivity index (χ0) is 27.0. The Kier molecular flexibility index (Phi) is 10.2. The van der Waals surface area contributed by atoms with E-state index in [2.05, 4.69) is 62.4 Å². The predicted molar refractivity (Wildman–Crippen MR) is 153 cm³/mol. The van der Waals surface area contributed by atoms with E-state index in [0.717, 1.165) is 47.8 Å². The van der Waals surface area contributed by atoms with Crippen LogP contribution < -0.4 is 0 Å². The van der Waals surface area contributed by atoms with Gasteiger partial charge in [-0.25, -0.2) is 0 Å². The lowest BCUT2D eigenvalue weighted by molar-refractivity contribution is -0.223. The van der Waals surface area contributed by atoms with Crippen LogP contribution in [0.5, 0.6) is 0 Å². The molecule has 38 heavy (non-hydrogen) atoms. The van der Waals surface area contributed by atoms with Gasteiger partial charge in [0.25, 0.3) is 0 Å². The smallest absolute Gasteiger partial charge is 0.304 e. The minimum Gasteiger partial charge on any atom is -0.436 e. The summed E-state index contributed by atoms with van der Waals surface area (Å²) >= 11 is 0. The van der Waals surface area contributed by atoms with Crippen LogP contribution in [0, 0.1) is 23.7 Å². The molecule has 0 bridgehead atoms. The largest absolute Gasteiger partial charge is 0.436 e. The van der Waals surface area contributed by atoms with Crippen LogP contribution in [0.15, 0.2) is 72.8 Å². The van der Waals surface area contributed by atoms with Crippen molar-refractivity contribution in [3.63, 3.8) is 0 Å². The molecule has 4 heteroatoms. The summed E-state index contributed by atoms with van der Waals surface area (Å²) in [5.41, 5.74) is 2.15. The van der Waals surface area contributed by atoms with Gasteiger partial charge in [-0.15, -0.1) is 0 Å². The summed E-state index contributed by atoms with van der Waals surface area (Å²) in [7, 11) is 0. The molecular formula is C34H46O4. The first-order valence-electron chi connectivity index (χ1n) is 14.6. The number of benzene rings is 2. The van der Waals surface area contributed by atoms with Crippen molar-refractivity contribution >= 4 is 5.97 Å². The third kappa shape index (κ3) is 6.95. The Morgan fingerprint density at radius 2 is 1.55 bits per heavy atom. The fourth-order valence-corrected chi connectivity index (χ4v) is 6.88. The molecule has 4 unspecified atom stereocenters. The van der Waals surface area contributed by atoms with E-state index in [1.54, 1.807) is 0 Å². The maximum atomic E-state index is 12.3. The number of ether oxygens (including phenoxy) is 3. The molecule has 0 N–H and O–H groups in total. The van der Waals surface area contributed by atoms with Gasteiger partial charge in [-0.2, -0.15) is 0 Å². The van der Waals surface area contributed by atoms with Crippen molar-refractivity contribution in [3.05, 3.63) is 83.9 Å². The van der Waals surface area contributed by atoms with Gasteiger partial charge in [-0.1, -0.05) is 93.9 Å². The van der Waals surface area contributed by atoms with Crippen LogP contribution >= 0.6 is 0 Å². The molecule has 0 spiro atoms. The Morgan fingerprint density at radius 1 is 0.974 bits per heavy atom. The molecule has 4 rings (SSSR count). The average Bonchev–Trinajstić information content (AvgIpc) is 2.92. The Hall–Kier alpha value is -2.43. The zero-order valence-electron chi connectivity index (χ0n) is 23.6. The number of hydrogen-bond donors (Lipinski definition) is 0. The van der Waals surface area contributed by atoms with E-state index < -0.39 is 11.9 Å². The summed E-state index contributed by atoms with van der Waals surface area (Å²) < 4.78 is 18.7. The third-order valence-electron chi connectivity index (χ3n) is 8.45. The molecule has 4 nitrogen and oxygen atoms in total. The quantitative estimate of drug-likeness (QED) is 0.171. The highest BCUT2D eigenvalue weighted by molar-refractivity contribution is 5.66. The Bertz CT molecular complexity index is 972. The molecule has 206 valence electrons.